The summed E-state index contributed by atoms with van der Waals surface area (Å²) in [4.78, 5) is 3.90. The average molecular weight is 366 g/mol. The smallest absolute Gasteiger partial charge is 0.0920 e. The Labute approximate surface area is 138 Å². The number of aryl methyl sites for hydroxylation is 1. The maximum Gasteiger partial charge on any atom is 0.0920 e. The molecule has 21 heavy (non-hydrogen) atoms. The lowest BCUT2D eigenvalue weighted by Gasteiger charge is -2.38. The van der Waals surface area contributed by atoms with Gasteiger partial charge >= 0.3 is 0 Å². The Bertz CT molecular complexity index is 600. The molecule has 0 spiro atoms. The molecule has 3 rings (SSSR count). The number of likely N-dealkylation sites (tertiary alicyclic amines) is 1. The number of piperidine rings is 1. The van der Waals surface area contributed by atoms with Crippen molar-refractivity contribution >= 4 is 27.3 Å². The van der Waals surface area contributed by atoms with Crippen LogP contribution in [0.1, 0.15) is 28.8 Å². The van der Waals surface area contributed by atoms with Crippen LogP contribution in [-0.4, -0.2) is 23.1 Å². The van der Waals surface area contributed by atoms with Crippen LogP contribution in [0, 0.1) is 6.92 Å². The number of benzene rings is 1. The zero-order valence-corrected chi connectivity index (χ0v) is 14.6. The van der Waals surface area contributed by atoms with E-state index in [4.69, 9.17) is 0 Å². The summed E-state index contributed by atoms with van der Waals surface area (Å²) in [6, 6.07) is 10.3. The molecular formula is C17H20BrNOS. The van der Waals surface area contributed by atoms with Gasteiger partial charge in [-0.25, -0.2) is 0 Å². The zero-order chi connectivity index (χ0) is 14.9. The largest absolute Gasteiger partial charge is 0.385 e. The first-order valence-electron chi connectivity index (χ1n) is 7.31. The van der Waals surface area contributed by atoms with Gasteiger partial charge in [-0.2, -0.15) is 0 Å². The second-order valence-electron chi connectivity index (χ2n) is 5.84. The van der Waals surface area contributed by atoms with E-state index in [1.807, 2.05) is 35.6 Å². The van der Waals surface area contributed by atoms with E-state index in [0.29, 0.717) is 0 Å². The monoisotopic (exact) mass is 365 g/mol. The molecule has 112 valence electrons. The van der Waals surface area contributed by atoms with Crippen molar-refractivity contribution in [2.75, 3.05) is 13.1 Å². The van der Waals surface area contributed by atoms with E-state index in [2.05, 4.69) is 39.2 Å². The summed E-state index contributed by atoms with van der Waals surface area (Å²) in [5, 5.41) is 13.1. The Morgan fingerprint density at radius 1 is 1.19 bits per heavy atom. The number of nitrogens with zero attached hydrogens (tertiary/aromatic N) is 1. The van der Waals surface area contributed by atoms with Crippen LogP contribution in [-0.2, 0) is 12.1 Å². The van der Waals surface area contributed by atoms with Gasteiger partial charge in [-0.1, -0.05) is 28.1 Å². The normalized spacial score (nSPS) is 18.8. The minimum Gasteiger partial charge on any atom is -0.385 e. The van der Waals surface area contributed by atoms with E-state index in [-0.39, 0.29) is 0 Å². The van der Waals surface area contributed by atoms with Gasteiger partial charge in [0.25, 0.3) is 0 Å². The summed E-state index contributed by atoms with van der Waals surface area (Å²) < 4.78 is 1.06. The third-order valence-electron chi connectivity index (χ3n) is 4.40. The van der Waals surface area contributed by atoms with Gasteiger partial charge in [0.1, 0.15) is 0 Å². The highest BCUT2D eigenvalue weighted by molar-refractivity contribution is 9.10. The zero-order valence-electron chi connectivity index (χ0n) is 12.2. The molecular weight excluding hydrogens is 346 g/mol. The van der Waals surface area contributed by atoms with Gasteiger partial charge in [-0.3, -0.25) is 4.90 Å². The fourth-order valence-electron chi connectivity index (χ4n) is 2.90. The van der Waals surface area contributed by atoms with E-state index in [9.17, 15) is 5.11 Å². The molecule has 1 N–H and O–H groups in total. The summed E-state index contributed by atoms with van der Waals surface area (Å²) in [6.07, 6.45) is 1.61. The molecule has 1 fully saturated rings. The molecule has 1 aromatic heterocycles. The number of aliphatic hydroxyl groups is 1. The van der Waals surface area contributed by atoms with Crippen molar-refractivity contribution in [1.82, 2.24) is 4.90 Å². The van der Waals surface area contributed by atoms with Crippen molar-refractivity contribution in [3.63, 3.8) is 0 Å². The Kier molecular flexibility index (Phi) is 4.50. The van der Waals surface area contributed by atoms with Gasteiger partial charge in [0.05, 0.1) is 5.60 Å². The van der Waals surface area contributed by atoms with E-state index < -0.39 is 5.60 Å². The Morgan fingerprint density at radius 2 is 1.86 bits per heavy atom. The molecule has 0 amide bonds. The van der Waals surface area contributed by atoms with Gasteiger partial charge in [-0.05, 0) is 54.5 Å². The summed E-state index contributed by atoms with van der Waals surface area (Å²) in [5.74, 6) is 0. The SMILES string of the molecule is Cc1ccsc1CN1CCC(O)(c2ccc(Br)cc2)CC1. The van der Waals surface area contributed by atoms with Crippen LogP contribution in [0.15, 0.2) is 40.2 Å². The maximum absolute atomic E-state index is 10.9. The highest BCUT2D eigenvalue weighted by atomic mass is 79.9. The van der Waals surface area contributed by atoms with Crippen molar-refractivity contribution in [2.24, 2.45) is 0 Å². The number of thiophene rings is 1. The predicted octanol–water partition coefficient (Wildman–Crippen LogP) is 4.30. The quantitative estimate of drug-likeness (QED) is 0.876. The molecule has 1 aliphatic rings. The van der Waals surface area contributed by atoms with E-state index >= 15 is 0 Å². The third-order valence-corrected chi connectivity index (χ3v) is 5.94. The number of rotatable bonds is 3. The molecule has 0 atom stereocenters. The lowest BCUT2D eigenvalue weighted by atomic mass is 9.84. The molecule has 2 nitrogen and oxygen atoms in total. The van der Waals surface area contributed by atoms with Crippen LogP contribution < -0.4 is 0 Å². The molecule has 1 aromatic carbocycles. The van der Waals surface area contributed by atoms with Crippen molar-refractivity contribution in [3.05, 3.63) is 56.2 Å². The lowest BCUT2D eigenvalue weighted by Crippen LogP contribution is -2.42. The van der Waals surface area contributed by atoms with Crippen LogP contribution in [0.4, 0.5) is 0 Å². The average Bonchev–Trinajstić information content (AvgIpc) is 2.88. The minimum absolute atomic E-state index is 0.665. The Balaban J connectivity index is 1.64. The maximum atomic E-state index is 10.9. The second-order valence-corrected chi connectivity index (χ2v) is 7.76. The number of hydrogen-bond acceptors (Lipinski definition) is 3. The number of hydrogen-bond donors (Lipinski definition) is 1. The van der Waals surface area contributed by atoms with E-state index in [1.54, 1.807) is 0 Å². The predicted molar refractivity (Wildman–Crippen MR) is 91.6 cm³/mol. The van der Waals surface area contributed by atoms with Gasteiger partial charge < -0.3 is 5.11 Å². The number of halogens is 1. The molecule has 1 aliphatic heterocycles. The van der Waals surface area contributed by atoms with Crippen molar-refractivity contribution < 1.29 is 5.11 Å². The van der Waals surface area contributed by atoms with Gasteiger partial charge in [0.2, 0.25) is 0 Å². The Morgan fingerprint density at radius 3 is 2.43 bits per heavy atom. The van der Waals surface area contributed by atoms with Crippen LogP contribution in [0.25, 0.3) is 0 Å². The van der Waals surface area contributed by atoms with Crippen LogP contribution in [0.5, 0.6) is 0 Å². The van der Waals surface area contributed by atoms with Gasteiger partial charge in [0, 0.05) is 29.0 Å². The third kappa shape index (κ3) is 3.39. The first kappa shape index (κ1) is 15.2. The molecule has 1 saturated heterocycles. The molecule has 0 unspecified atom stereocenters. The molecule has 4 heteroatoms. The van der Waals surface area contributed by atoms with Gasteiger partial charge in [-0.15, -0.1) is 11.3 Å². The van der Waals surface area contributed by atoms with Crippen molar-refractivity contribution in [1.29, 1.82) is 0 Å². The summed E-state index contributed by atoms with van der Waals surface area (Å²) in [6.45, 7) is 5.08. The summed E-state index contributed by atoms with van der Waals surface area (Å²) in [7, 11) is 0. The molecule has 0 aliphatic carbocycles. The fraction of sp³-hybridized carbons (Fsp3) is 0.412. The molecule has 0 radical (unpaired) electrons. The summed E-state index contributed by atoms with van der Waals surface area (Å²) in [5.41, 5.74) is 1.76. The highest BCUT2D eigenvalue weighted by Gasteiger charge is 2.33. The topological polar surface area (TPSA) is 23.5 Å². The first-order valence-corrected chi connectivity index (χ1v) is 8.98. The van der Waals surface area contributed by atoms with E-state index in [1.165, 1.54) is 10.4 Å². The van der Waals surface area contributed by atoms with Crippen LogP contribution in [0.2, 0.25) is 0 Å². The van der Waals surface area contributed by atoms with Crippen molar-refractivity contribution in [3.8, 4) is 0 Å². The molecule has 0 bridgehead atoms. The Hall–Kier alpha value is -0.680. The van der Waals surface area contributed by atoms with Gasteiger partial charge in [0.15, 0.2) is 0 Å². The lowest BCUT2D eigenvalue weighted by molar-refractivity contribution is -0.0275. The first-order chi connectivity index (χ1) is 10.1. The van der Waals surface area contributed by atoms with Crippen LogP contribution in [0.3, 0.4) is 0 Å². The molecule has 2 heterocycles. The fourth-order valence-corrected chi connectivity index (χ4v) is 4.11. The van der Waals surface area contributed by atoms with Crippen LogP contribution >= 0.6 is 27.3 Å². The molecule has 0 saturated carbocycles. The second kappa shape index (κ2) is 6.21. The van der Waals surface area contributed by atoms with E-state index in [0.717, 1.165) is 42.5 Å². The molecule has 2 aromatic rings. The highest BCUT2D eigenvalue weighted by Crippen LogP contribution is 2.34. The standard InChI is InChI=1S/C17H20BrNOS/c1-13-6-11-21-16(13)12-19-9-7-17(20,8-10-19)14-2-4-15(18)5-3-14/h2-6,11,20H,7-10,12H2,1H3. The minimum atomic E-state index is -0.665. The summed E-state index contributed by atoms with van der Waals surface area (Å²) >= 11 is 5.28. The van der Waals surface area contributed by atoms with Crippen molar-refractivity contribution in [2.45, 2.75) is 31.9 Å².